The maximum absolute atomic E-state index is 13.2. The number of hydrogen-bond donors (Lipinski definition) is 1. The lowest BCUT2D eigenvalue weighted by Gasteiger charge is -2.11. The van der Waals surface area contributed by atoms with Crippen LogP contribution >= 0.6 is 15.9 Å². The third kappa shape index (κ3) is 3.17. The van der Waals surface area contributed by atoms with Crippen LogP contribution in [0.2, 0.25) is 0 Å². The summed E-state index contributed by atoms with van der Waals surface area (Å²) in [7, 11) is 0. The largest absolute Gasteiger partial charge is 0.323 e. The van der Waals surface area contributed by atoms with Crippen LogP contribution in [0.15, 0.2) is 16.6 Å². The molecule has 0 bridgehead atoms. The van der Waals surface area contributed by atoms with Gasteiger partial charge >= 0.3 is 0 Å². The Morgan fingerprint density at radius 2 is 1.67 bits per heavy atom. The van der Waals surface area contributed by atoms with Crippen molar-refractivity contribution >= 4 is 15.9 Å². The van der Waals surface area contributed by atoms with Crippen LogP contribution in [0.25, 0.3) is 0 Å². The molecule has 0 aliphatic heterocycles. The van der Waals surface area contributed by atoms with Gasteiger partial charge in [-0.2, -0.15) is 0 Å². The Labute approximate surface area is 92.4 Å². The van der Waals surface area contributed by atoms with Crippen molar-refractivity contribution in [2.75, 3.05) is 0 Å². The highest BCUT2D eigenvalue weighted by Crippen LogP contribution is 2.21. The van der Waals surface area contributed by atoms with E-state index in [0.29, 0.717) is 0 Å². The van der Waals surface area contributed by atoms with Gasteiger partial charge in [-0.05, 0) is 18.6 Å². The first-order valence-electron chi connectivity index (χ1n) is 4.09. The summed E-state index contributed by atoms with van der Waals surface area (Å²) in [6.07, 6.45) is -3.32. The molecule has 15 heavy (non-hydrogen) atoms. The molecule has 1 atom stereocenters. The van der Waals surface area contributed by atoms with Gasteiger partial charge in [-0.3, -0.25) is 0 Å². The lowest BCUT2D eigenvalue weighted by Crippen LogP contribution is -2.31. The Morgan fingerprint density at radius 1 is 1.20 bits per heavy atom. The molecule has 0 fully saturated rings. The van der Waals surface area contributed by atoms with Crippen LogP contribution in [0.1, 0.15) is 5.56 Å². The van der Waals surface area contributed by atoms with Gasteiger partial charge in [-0.1, -0.05) is 15.9 Å². The molecule has 1 aromatic rings. The summed E-state index contributed by atoms with van der Waals surface area (Å²) in [6, 6.07) is 0.461. The van der Waals surface area contributed by atoms with E-state index in [9.17, 15) is 17.6 Å². The van der Waals surface area contributed by atoms with Gasteiger partial charge in [0.1, 0.15) is 11.6 Å². The lowest BCUT2D eigenvalue weighted by molar-refractivity contribution is 0.115. The van der Waals surface area contributed by atoms with Crippen LogP contribution in [-0.2, 0) is 6.42 Å². The van der Waals surface area contributed by atoms with E-state index in [1.54, 1.807) is 0 Å². The molecule has 1 unspecified atom stereocenters. The minimum atomic E-state index is -2.80. The second-order valence-electron chi connectivity index (χ2n) is 3.05. The Balaban J connectivity index is 2.95. The van der Waals surface area contributed by atoms with Crippen molar-refractivity contribution in [1.29, 1.82) is 0 Å². The van der Waals surface area contributed by atoms with Gasteiger partial charge in [0.25, 0.3) is 6.43 Å². The summed E-state index contributed by atoms with van der Waals surface area (Å²) in [5, 5.41) is 0. The molecule has 0 saturated carbocycles. The zero-order chi connectivity index (χ0) is 11.6. The SMILES string of the molecule is NC(Cc1c(F)cc(Br)cc1F)C(F)F. The van der Waals surface area contributed by atoms with Gasteiger partial charge in [-0.25, -0.2) is 17.6 Å². The van der Waals surface area contributed by atoms with E-state index in [1.165, 1.54) is 0 Å². The highest BCUT2D eigenvalue weighted by Gasteiger charge is 2.20. The highest BCUT2D eigenvalue weighted by atomic mass is 79.9. The number of rotatable bonds is 3. The summed E-state index contributed by atoms with van der Waals surface area (Å²) in [4.78, 5) is 0. The van der Waals surface area contributed by atoms with E-state index < -0.39 is 36.1 Å². The van der Waals surface area contributed by atoms with Crippen LogP contribution in [0, 0.1) is 11.6 Å². The highest BCUT2D eigenvalue weighted by molar-refractivity contribution is 9.10. The number of alkyl halides is 2. The first-order chi connectivity index (χ1) is 6.91. The molecule has 0 spiro atoms. The van der Waals surface area contributed by atoms with Crippen molar-refractivity contribution in [3.63, 3.8) is 0 Å². The average molecular weight is 286 g/mol. The third-order valence-corrected chi connectivity index (χ3v) is 2.33. The minimum absolute atomic E-state index is 0.215. The second-order valence-corrected chi connectivity index (χ2v) is 3.97. The molecule has 0 aliphatic rings. The molecule has 1 rings (SSSR count). The summed E-state index contributed by atoms with van der Waals surface area (Å²) in [5.41, 5.74) is 4.62. The van der Waals surface area contributed by atoms with Gasteiger partial charge in [0, 0.05) is 10.0 Å². The number of benzene rings is 1. The standard InChI is InChI=1S/C9H8BrF4N/c10-4-1-6(11)5(7(12)2-4)3-8(15)9(13)14/h1-2,8-9H,3,15H2. The maximum atomic E-state index is 13.2. The Bertz CT molecular complexity index is 333. The van der Waals surface area contributed by atoms with Crippen LogP contribution in [-0.4, -0.2) is 12.5 Å². The molecule has 0 aromatic heterocycles. The summed E-state index contributed by atoms with van der Waals surface area (Å²) in [5.74, 6) is -1.75. The number of hydrogen-bond acceptors (Lipinski definition) is 1. The molecular weight excluding hydrogens is 278 g/mol. The van der Waals surface area contributed by atoms with E-state index in [1.807, 2.05) is 0 Å². The molecule has 0 aliphatic carbocycles. The van der Waals surface area contributed by atoms with Crippen molar-refractivity contribution in [2.45, 2.75) is 18.9 Å². The Hall–Kier alpha value is -0.620. The van der Waals surface area contributed by atoms with E-state index in [2.05, 4.69) is 15.9 Å². The summed E-state index contributed by atoms with van der Waals surface area (Å²) in [6.45, 7) is 0. The molecular formula is C9H8BrF4N. The predicted octanol–water partition coefficient (Wildman–Crippen LogP) is 2.86. The molecule has 84 valence electrons. The van der Waals surface area contributed by atoms with Gasteiger partial charge in [-0.15, -0.1) is 0 Å². The molecule has 6 heteroatoms. The molecule has 1 nitrogen and oxygen atoms in total. The molecule has 0 radical (unpaired) electrons. The van der Waals surface area contributed by atoms with Crippen molar-refractivity contribution in [3.8, 4) is 0 Å². The minimum Gasteiger partial charge on any atom is -0.323 e. The van der Waals surface area contributed by atoms with E-state index in [4.69, 9.17) is 5.73 Å². The second kappa shape index (κ2) is 4.94. The Kier molecular flexibility index (Phi) is 4.10. The number of nitrogens with two attached hydrogens (primary N) is 1. The molecule has 0 heterocycles. The molecule has 0 saturated heterocycles. The van der Waals surface area contributed by atoms with E-state index >= 15 is 0 Å². The van der Waals surface area contributed by atoms with Crippen molar-refractivity contribution in [2.24, 2.45) is 5.73 Å². The van der Waals surface area contributed by atoms with Crippen LogP contribution < -0.4 is 5.73 Å². The van der Waals surface area contributed by atoms with Crippen LogP contribution in [0.3, 0.4) is 0 Å². The smallest absolute Gasteiger partial charge is 0.253 e. The lowest BCUT2D eigenvalue weighted by atomic mass is 10.1. The summed E-state index contributed by atoms with van der Waals surface area (Å²) >= 11 is 2.88. The van der Waals surface area contributed by atoms with Crippen molar-refractivity contribution in [1.82, 2.24) is 0 Å². The van der Waals surface area contributed by atoms with E-state index in [0.717, 1.165) is 12.1 Å². The fourth-order valence-electron chi connectivity index (χ4n) is 1.09. The monoisotopic (exact) mass is 285 g/mol. The first-order valence-corrected chi connectivity index (χ1v) is 4.88. The average Bonchev–Trinajstić information content (AvgIpc) is 2.10. The maximum Gasteiger partial charge on any atom is 0.253 e. The van der Waals surface area contributed by atoms with E-state index in [-0.39, 0.29) is 4.47 Å². The zero-order valence-corrected chi connectivity index (χ0v) is 9.07. The van der Waals surface area contributed by atoms with Gasteiger partial charge in [0.15, 0.2) is 0 Å². The third-order valence-electron chi connectivity index (χ3n) is 1.87. The fraction of sp³-hybridized carbons (Fsp3) is 0.333. The normalized spacial score (nSPS) is 13.3. The van der Waals surface area contributed by atoms with Gasteiger partial charge in [0.05, 0.1) is 6.04 Å². The topological polar surface area (TPSA) is 26.0 Å². The van der Waals surface area contributed by atoms with Crippen LogP contribution in [0.5, 0.6) is 0 Å². The Morgan fingerprint density at radius 3 is 2.07 bits per heavy atom. The predicted molar refractivity (Wildman–Crippen MR) is 51.7 cm³/mol. The quantitative estimate of drug-likeness (QED) is 0.849. The van der Waals surface area contributed by atoms with Crippen molar-refractivity contribution in [3.05, 3.63) is 33.8 Å². The zero-order valence-electron chi connectivity index (χ0n) is 7.48. The molecule has 1 aromatic carbocycles. The fourth-order valence-corrected chi connectivity index (χ4v) is 1.49. The molecule has 0 amide bonds. The summed E-state index contributed by atoms with van der Waals surface area (Å²) < 4.78 is 50.7. The molecule has 2 N–H and O–H groups in total. The van der Waals surface area contributed by atoms with Crippen molar-refractivity contribution < 1.29 is 17.6 Å². The first kappa shape index (κ1) is 12.4. The van der Waals surface area contributed by atoms with Gasteiger partial charge < -0.3 is 5.73 Å². The van der Waals surface area contributed by atoms with Gasteiger partial charge in [0.2, 0.25) is 0 Å². The van der Waals surface area contributed by atoms with Crippen LogP contribution in [0.4, 0.5) is 17.6 Å². The number of halogens is 5.